The molecule has 0 aliphatic carbocycles. The zero-order chi connectivity index (χ0) is 12.8. The molecule has 0 aromatic heterocycles. The number of carbonyl (C=O) groups is 2. The summed E-state index contributed by atoms with van der Waals surface area (Å²) in [6.45, 7) is -0.399. The summed E-state index contributed by atoms with van der Waals surface area (Å²) >= 11 is 0. The Morgan fingerprint density at radius 1 is 1.35 bits per heavy atom. The van der Waals surface area contributed by atoms with Crippen molar-refractivity contribution in [2.45, 2.75) is 12.5 Å². The van der Waals surface area contributed by atoms with E-state index >= 15 is 0 Å². The number of nitrogens with two attached hydrogens (primary N) is 1. The molecule has 1 aromatic carbocycles. The molecule has 0 aliphatic heterocycles. The highest BCUT2D eigenvalue weighted by Gasteiger charge is 2.10. The number of nitrogens with one attached hydrogen (secondary N) is 1. The van der Waals surface area contributed by atoms with Gasteiger partial charge in [0.15, 0.2) is 6.61 Å². The SMILES string of the molecule is [NH]C(=O)C(N)Cc1ccc(OCC(=O)O)cc1. The Kier molecular flexibility index (Phi) is 4.47. The second-order valence-electron chi connectivity index (χ2n) is 3.50. The van der Waals surface area contributed by atoms with E-state index in [-0.39, 0.29) is 6.42 Å². The molecule has 17 heavy (non-hydrogen) atoms. The van der Waals surface area contributed by atoms with Crippen LogP contribution in [0.25, 0.3) is 0 Å². The van der Waals surface area contributed by atoms with E-state index in [1.807, 2.05) is 0 Å². The molecule has 6 nitrogen and oxygen atoms in total. The Balaban J connectivity index is 2.55. The van der Waals surface area contributed by atoms with Crippen LogP contribution in [-0.4, -0.2) is 29.6 Å². The van der Waals surface area contributed by atoms with E-state index in [2.05, 4.69) is 0 Å². The third kappa shape index (κ3) is 4.52. The highest BCUT2D eigenvalue weighted by molar-refractivity contribution is 5.79. The minimum absolute atomic E-state index is 0.279. The normalized spacial score (nSPS) is 11.8. The van der Waals surface area contributed by atoms with Gasteiger partial charge >= 0.3 is 5.97 Å². The summed E-state index contributed by atoms with van der Waals surface area (Å²) in [6, 6.07) is 5.72. The van der Waals surface area contributed by atoms with Gasteiger partial charge < -0.3 is 15.6 Å². The number of hydrogen-bond acceptors (Lipinski definition) is 4. The first-order valence-corrected chi connectivity index (χ1v) is 4.93. The monoisotopic (exact) mass is 237 g/mol. The Bertz CT molecular complexity index is 402. The van der Waals surface area contributed by atoms with Crippen LogP contribution in [-0.2, 0) is 16.0 Å². The maximum absolute atomic E-state index is 10.6. The van der Waals surface area contributed by atoms with Crippen LogP contribution in [0.4, 0.5) is 0 Å². The van der Waals surface area contributed by atoms with Gasteiger partial charge in [-0.2, -0.15) is 0 Å². The number of hydrogen-bond donors (Lipinski definition) is 2. The summed E-state index contributed by atoms with van der Waals surface area (Å²) in [5.41, 5.74) is 13.1. The van der Waals surface area contributed by atoms with Crippen molar-refractivity contribution >= 4 is 11.9 Å². The molecule has 1 rings (SSSR count). The molecular formula is C11H13N2O4. The first-order valence-electron chi connectivity index (χ1n) is 4.93. The number of aliphatic carboxylic acids is 1. The van der Waals surface area contributed by atoms with Gasteiger partial charge in [-0.25, -0.2) is 4.79 Å². The molecule has 0 aliphatic rings. The number of carboxylic acid groups (broad SMARTS) is 1. The average Bonchev–Trinajstić information content (AvgIpc) is 2.28. The Labute approximate surface area is 98.2 Å². The van der Waals surface area contributed by atoms with E-state index < -0.39 is 24.5 Å². The quantitative estimate of drug-likeness (QED) is 0.713. The first kappa shape index (κ1) is 13.0. The summed E-state index contributed by atoms with van der Waals surface area (Å²) in [7, 11) is 0. The van der Waals surface area contributed by atoms with Crippen LogP contribution < -0.4 is 16.2 Å². The lowest BCUT2D eigenvalue weighted by molar-refractivity contribution is -0.139. The molecule has 1 amide bonds. The highest BCUT2D eigenvalue weighted by atomic mass is 16.5. The van der Waals surface area contributed by atoms with Crippen molar-refractivity contribution in [3.8, 4) is 5.75 Å². The molecule has 0 heterocycles. The third-order valence-corrected chi connectivity index (χ3v) is 2.08. The number of ether oxygens (including phenoxy) is 1. The molecule has 91 valence electrons. The molecule has 4 N–H and O–H groups in total. The van der Waals surface area contributed by atoms with Gasteiger partial charge in [0.05, 0.1) is 6.04 Å². The van der Waals surface area contributed by atoms with Crippen LogP contribution in [0.1, 0.15) is 5.56 Å². The van der Waals surface area contributed by atoms with E-state index in [0.717, 1.165) is 5.56 Å². The van der Waals surface area contributed by atoms with Gasteiger partial charge in [-0.1, -0.05) is 12.1 Å². The largest absolute Gasteiger partial charge is 0.482 e. The number of amides is 1. The topological polar surface area (TPSA) is 113 Å². The fourth-order valence-corrected chi connectivity index (χ4v) is 1.21. The molecule has 0 saturated carbocycles. The van der Waals surface area contributed by atoms with Crippen molar-refractivity contribution < 1.29 is 19.4 Å². The number of benzene rings is 1. The average molecular weight is 237 g/mol. The maximum atomic E-state index is 10.6. The number of carboxylic acids is 1. The van der Waals surface area contributed by atoms with E-state index in [1.54, 1.807) is 24.3 Å². The fourth-order valence-electron chi connectivity index (χ4n) is 1.21. The Morgan fingerprint density at radius 3 is 2.41 bits per heavy atom. The highest BCUT2D eigenvalue weighted by Crippen LogP contribution is 2.13. The Hall–Kier alpha value is -2.08. The van der Waals surface area contributed by atoms with Crippen LogP contribution in [0.3, 0.4) is 0 Å². The summed E-state index contributed by atoms with van der Waals surface area (Å²) < 4.78 is 4.94. The van der Waals surface area contributed by atoms with E-state index in [1.165, 1.54) is 0 Å². The van der Waals surface area contributed by atoms with Crippen molar-refractivity contribution in [2.24, 2.45) is 5.73 Å². The first-order chi connectivity index (χ1) is 7.99. The second-order valence-corrected chi connectivity index (χ2v) is 3.50. The van der Waals surface area contributed by atoms with Gasteiger partial charge in [0.2, 0.25) is 0 Å². The van der Waals surface area contributed by atoms with Gasteiger partial charge in [-0.05, 0) is 24.1 Å². The van der Waals surface area contributed by atoms with Crippen LogP contribution in [0.15, 0.2) is 24.3 Å². The summed E-state index contributed by atoms with van der Waals surface area (Å²) in [4.78, 5) is 20.9. The van der Waals surface area contributed by atoms with Crippen LogP contribution >= 0.6 is 0 Å². The minimum atomic E-state index is -1.05. The molecule has 1 radical (unpaired) electrons. The van der Waals surface area contributed by atoms with Crippen molar-refractivity contribution in [1.82, 2.24) is 5.73 Å². The molecule has 6 heteroatoms. The second kappa shape index (κ2) is 5.86. The Morgan fingerprint density at radius 2 is 1.94 bits per heavy atom. The van der Waals surface area contributed by atoms with Crippen molar-refractivity contribution in [1.29, 1.82) is 0 Å². The molecule has 1 aromatic rings. The van der Waals surface area contributed by atoms with E-state index in [4.69, 9.17) is 21.3 Å². The molecule has 0 spiro atoms. The lowest BCUT2D eigenvalue weighted by atomic mass is 10.1. The zero-order valence-corrected chi connectivity index (χ0v) is 9.05. The number of carbonyl (C=O) groups excluding carboxylic acids is 1. The van der Waals surface area contributed by atoms with Crippen molar-refractivity contribution in [3.63, 3.8) is 0 Å². The summed E-state index contributed by atoms with van der Waals surface area (Å²) in [5, 5.41) is 8.41. The zero-order valence-electron chi connectivity index (χ0n) is 9.05. The van der Waals surface area contributed by atoms with Crippen molar-refractivity contribution in [2.75, 3.05) is 6.61 Å². The molecular weight excluding hydrogens is 224 g/mol. The molecule has 0 saturated heterocycles. The van der Waals surface area contributed by atoms with Crippen LogP contribution in [0, 0.1) is 0 Å². The predicted octanol–water partition coefficient (Wildman–Crippen LogP) is -0.171. The lowest BCUT2D eigenvalue weighted by Gasteiger charge is -2.08. The van der Waals surface area contributed by atoms with Crippen LogP contribution in [0.2, 0.25) is 0 Å². The standard InChI is InChI=1S/C11H13N2O4/c12-9(11(13)16)5-7-1-3-8(4-2-7)17-6-10(14)15/h1-4,9,13H,5-6,12H2,(H,14,15). The smallest absolute Gasteiger partial charge is 0.341 e. The maximum Gasteiger partial charge on any atom is 0.341 e. The number of rotatable bonds is 6. The molecule has 1 atom stereocenters. The minimum Gasteiger partial charge on any atom is -0.482 e. The van der Waals surface area contributed by atoms with Gasteiger partial charge in [-0.15, -0.1) is 0 Å². The van der Waals surface area contributed by atoms with Gasteiger partial charge in [0.1, 0.15) is 5.75 Å². The van der Waals surface area contributed by atoms with Crippen molar-refractivity contribution in [3.05, 3.63) is 29.8 Å². The summed E-state index contributed by atoms with van der Waals surface area (Å²) in [6.07, 6.45) is 0.279. The van der Waals surface area contributed by atoms with Gasteiger partial charge in [0.25, 0.3) is 5.91 Å². The summed E-state index contributed by atoms with van der Waals surface area (Å²) in [5.74, 6) is -1.42. The fraction of sp³-hybridized carbons (Fsp3) is 0.273. The third-order valence-electron chi connectivity index (χ3n) is 2.08. The van der Waals surface area contributed by atoms with Crippen LogP contribution in [0.5, 0.6) is 5.75 Å². The molecule has 0 fully saturated rings. The molecule has 0 bridgehead atoms. The van der Waals surface area contributed by atoms with E-state index in [9.17, 15) is 9.59 Å². The predicted molar refractivity (Wildman–Crippen MR) is 59.4 cm³/mol. The molecule has 1 unspecified atom stereocenters. The van der Waals surface area contributed by atoms with Gasteiger partial charge in [-0.3, -0.25) is 10.5 Å². The van der Waals surface area contributed by atoms with Gasteiger partial charge in [0, 0.05) is 0 Å². The van der Waals surface area contributed by atoms with E-state index in [0.29, 0.717) is 5.75 Å². The lowest BCUT2D eigenvalue weighted by Crippen LogP contribution is -2.33.